The zero-order valence-electron chi connectivity index (χ0n) is 9.03. The van der Waals surface area contributed by atoms with Crippen LogP contribution < -0.4 is 0 Å². The Balaban J connectivity index is 2.63. The van der Waals surface area contributed by atoms with E-state index in [1.165, 1.54) is 19.3 Å². The summed E-state index contributed by atoms with van der Waals surface area (Å²) in [4.78, 5) is 0. The maximum absolute atomic E-state index is 9.70. The lowest BCUT2D eigenvalue weighted by Crippen LogP contribution is -2.30. The molecule has 0 fully saturated rings. The van der Waals surface area contributed by atoms with Gasteiger partial charge < -0.3 is 5.11 Å². The predicted octanol–water partition coefficient (Wildman–Crippen LogP) is 3.00. The van der Waals surface area contributed by atoms with Crippen molar-refractivity contribution >= 4 is 0 Å². The zero-order chi connectivity index (χ0) is 9.84. The number of rotatable bonds is 3. The monoisotopic (exact) mass is 182 g/mol. The first-order valence-corrected chi connectivity index (χ1v) is 5.47. The number of hydrogen-bond acceptors (Lipinski definition) is 1. The third-order valence-corrected chi connectivity index (χ3v) is 3.11. The van der Waals surface area contributed by atoms with Crippen molar-refractivity contribution in [1.82, 2.24) is 0 Å². The van der Waals surface area contributed by atoms with Crippen LogP contribution in [0.5, 0.6) is 0 Å². The van der Waals surface area contributed by atoms with E-state index in [-0.39, 0.29) is 6.10 Å². The molecule has 0 bridgehead atoms. The summed E-state index contributed by atoms with van der Waals surface area (Å²) in [5.41, 5.74) is 0. The molecular weight excluding hydrogens is 160 g/mol. The molecule has 3 atom stereocenters. The molecule has 13 heavy (non-hydrogen) atoms. The highest BCUT2D eigenvalue weighted by Crippen LogP contribution is 2.32. The van der Waals surface area contributed by atoms with E-state index >= 15 is 0 Å². The van der Waals surface area contributed by atoms with Gasteiger partial charge >= 0.3 is 0 Å². The summed E-state index contributed by atoms with van der Waals surface area (Å²) < 4.78 is 0. The Morgan fingerprint density at radius 2 is 2.00 bits per heavy atom. The Morgan fingerprint density at radius 1 is 1.31 bits per heavy atom. The van der Waals surface area contributed by atoms with Gasteiger partial charge in [0.25, 0.3) is 0 Å². The molecule has 1 nitrogen and oxygen atoms in total. The highest BCUT2D eigenvalue weighted by atomic mass is 16.3. The fourth-order valence-electron chi connectivity index (χ4n) is 2.57. The zero-order valence-corrected chi connectivity index (χ0v) is 9.03. The van der Waals surface area contributed by atoms with Gasteiger partial charge in [0.15, 0.2) is 0 Å². The Bertz CT molecular complexity index is 162. The van der Waals surface area contributed by atoms with Crippen LogP contribution in [0.4, 0.5) is 0 Å². The van der Waals surface area contributed by atoms with Crippen LogP contribution in [0.3, 0.4) is 0 Å². The van der Waals surface area contributed by atoms with E-state index < -0.39 is 0 Å². The molecule has 1 N–H and O–H groups in total. The van der Waals surface area contributed by atoms with Crippen LogP contribution in [0.25, 0.3) is 0 Å². The molecule has 76 valence electrons. The smallest absolute Gasteiger partial charge is 0.0548 e. The van der Waals surface area contributed by atoms with Crippen molar-refractivity contribution in [3.63, 3.8) is 0 Å². The lowest BCUT2D eigenvalue weighted by atomic mass is 9.76. The molecule has 3 unspecified atom stereocenters. The fraction of sp³-hybridized carbons (Fsp3) is 0.833. The first-order valence-electron chi connectivity index (χ1n) is 5.47. The van der Waals surface area contributed by atoms with E-state index in [1.54, 1.807) is 0 Å². The number of allylic oxidation sites excluding steroid dienone is 2. The van der Waals surface area contributed by atoms with Gasteiger partial charge in [0.2, 0.25) is 0 Å². The number of aliphatic hydroxyl groups is 1. The molecule has 0 amide bonds. The molecule has 1 aliphatic carbocycles. The van der Waals surface area contributed by atoms with Crippen LogP contribution in [0.15, 0.2) is 12.2 Å². The number of aliphatic hydroxyl groups excluding tert-OH is 1. The third-order valence-electron chi connectivity index (χ3n) is 3.11. The van der Waals surface area contributed by atoms with Crippen LogP contribution in [-0.2, 0) is 0 Å². The fourth-order valence-corrected chi connectivity index (χ4v) is 2.57. The van der Waals surface area contributed by atoms with E-state index in [0.717, 1.165) is 0 Å². The van der Waals surface area contributed by atoms with Gasteiger partial charge in [-0.15, -0.1) is 0 Å². The summed E-state index contributed by atoms with van der Waals surface area (Å²) in [7, 11) is 0. The Hall–Kier alpha value is -0.300. The summed E-state index contributed by atoms with van der Waals surface area (Å²) in [6.07, 6.45) is 8.17. The van der Waals surface area contributed by atoms with Gasteiger partial charge in [-0.1, -0.05) is 26.0 Å². The van der Waals surface area contributed by atoms with Gasteiger partial charge in [-0.25, -0.2) is 0 Å². The summed E-state index contributed by atoms with van der Waals surface area (Å²) in [5.74, 6) is 1.62. The largest absolute Gasteiger partial charge is 0.393 e. The quantitative estimate of drug-likeness (QED) is 0.665. The predicted molar refractivity (Wildman–Crippen MR) is 56.5 cm³/mol. The van der Waals surface area contributed by atoms with Crippen molar-refractivity contribution in [1.29, 1.82) is 0 Å². The van der Waals surface area contributed by atoms with Crippen LogP contribution in [0.1, 0.15) is 40.0 Å². The molecule has 1 aliphatic rings. The first-order chi connectivity index (χ1) is 6.13. The summed E-state index contributed by atoms with van der Waals surface area (Å²) in [6, 6.07) is 0. The van der Waals surface area contributed by atoms with Crippen molar-refractivity contribution in [2.45, 2.75) is 46.1 Å². The van der Waals surface area contributed by atoms with Gasteiger partial charge in [-0.3, -0.25) is 0 Å². The highest BCUT2D eigenvalue weighted by Gasteiger charge is 2.27. The van der Waals surface area contributed by atoms with E-state index in [0.29, 0.717) is 17.8 Å². The molecule has 1 rings (SSSR count). The first kappa shape index (κ1) is 10.8. The Kier molecular flexibility index (Phi) is 3.98. The molecule has 1 heteroatoms. The van der Waals surface area contributed by atoms with Gasteiger partial charge in [-0.2, -0.15) is 0 Å². The minimum atomic E-state index is -0.173. The minimum Gasteiger partial charge on any atom is -0.393 e. The molecule has 0 aromatic heterocycles. The van der Waals surface area contributed by atoms with Gasteiger partial charge in [0.1, 0.15) is 0 Å². The normalized spacial score (nSPS) is 27.6. The summed E-state index contributed by atoms with van der Waals surface area (Å²) >= 11 is 0. The molecule has 0 heterocycles. The van der Waals surface area contributed by atoms with E-state index in [2.05, 4.69) is 26.0 Å². The molecule has 0 aliphatic heterocycles. The molecular formula is C12H22O. The van der Waals surface area contributed by atoms with Gasteiger partial charge in [0, 0.05) is 0 Å². The minimum absolute atomic E-state index is 0.173. The van der Waals surface area contributed by atoms with Crippen molar-refractivity contribution in [2.75, 3.05) is 0 Å². The summed E-state index contributed by atoms with van der Waals surface area (Å²) in [5, 5.41) is 9.70. The Labute approximate surface area is 81.9 Å². The average molecular weight is 182 g/mol. The van der Waals surface area contributed by atoms with Crippen LogP contribution >= 0.6 is 0 Å². The van der Waals surface area contributed by atoms with E-state index in [9.17, 15) is 5.11 Å². The summed E-state index contributed by atoms with van der Waals surface area (Å²) in [6.45, 7) is 6.34. The molecule has 0 spiro atoms. The van der Waals surface area contributed by atoms with E-state index in [1.807, 2.05) is 6.92 Å². The lowest BCUT2D eigenvalue weighted by Gasteiger charge is -2.32. The molecule has 0 radical (unpaired) electrons. The molecule has 0 saturated carbocycles. The second-order valence-electron chi connectivity index (χ2n) is 4.58. The topological polar surface area (TPSA) is 20.2 Å². The lowest BCUT2D eigenvalue weighted by molar-refractivity contribution is 0.0666. The van der Waals surface area contributed by atoms with Crippen molar-refractivity contribution in [3.05, 3.63) is 12.2 Å². The highest BCUT2D eigenvalue weighted by molar-refractivity contribution is 4.97. The van der Waals surface area contributed by atoms with Gasteiger partial charge in [0.05, 0.1) is 6.10 Å². The van der Waals surface area contributed by atoms with Crippen LogP contribution in [0.2, 0.25) is 0 Å². The van der Waals surface area contributed by atoms with Gasteiger partial charge in [-0.05, 0) is 43.9 Å². The molecule has 0 aromatic carbocycles. The van der Waals surface area contributed by atoms with E-state index in [4.69, 9.17) is 0 Å². The molecule has 0 saturated heterocycles. The maximum atomic E-state index is 9.70. The second kappa shape index (κ2) is 4.80. The maximum Gasteiger partial charge on any atom is 0.0548 e. The van der Waals surface area contributed by atoms with Crippen molar-refractivity contribution in [3.8, 4) is 0 Å². The Morgan fingerprint density at radius 3 is 2.38 bits per heavy atom. The van der Waals surface area contributed by atoms with Crippen molar-refractivity contribution in [2.24, 2.45) is 17.8 Å². The number of hydrogen-bond donors (Lipinski definition) is 1. The van der Waals surface area contributed by atoms with Crippen LogP contribution in [-0.4, -0.2) is 11.2 Å². The van der Waals surface area contributed by atoms with Crippen LogP contribution in [0, 0.1) is 17.8 Å². The standard InChI is InChI=1S/C12H22O/c1-9(2)12(10(3)13)11-7-5-4-6-8-11/h5,7,9-13H,4,6,8H2,1-3H3. The third kappa shape index (κ3) is 2.84. The second-order valence-corrected chi connectivity index (χ2v) is 4.58. The SMILES string of the molecule is CC(C)C(C(C)O)C1C=CCCC1. The van der Waals surface area contributed by atoms with Crippen molar-refractivity contribution < 1.29 is 5.11 Å². The average Bonchev–Trinajstić information content (AvgIpc) is 2.04. The molecule has 0 aromatic rings.